The number of hydrogen-bond acceptors (Lipinski definition) is 5. The number of nitrogens with one attached hydrogen (secondary N) is 1. The van der Waals surface area contributed by atoms with Crippen LogP contribution in [0.3, 0.4) is 0 Å². The number of thioether (sulfide) groups is 1. The largest absolute Gasteiger partial charge is 0.454 e. The molecule has 18 heavy (non-hydrogen) atoms. The number of hydrazone groups is 1. The molecule has 1 aromatic carbocycles. The van der Waals surface area contributed by atoms with Gasteiger partial charge in [-0.25, -0.2) is 5.43 Å². The lowest BCUT2D eigenvalue weighted by atomic mass is 10.2. The van der Waals surface area contributed by atoms with E-state index in [1.807, 2.05) is 11.8 Å². The van der Waals surface area contributed by atoms with Crippen LogP contribution in [-0.4, -0.2) is 29.9 Å². The molecule has 1 amide bonds. The minimum Gasteiger partial charge on any atom is -0.454 e. The van der Waals surface area contributed by atoms with E-state index in [2.05, 4.69) is 10.5 Å². The third kappa shape index (κ3) is 2.28. The Kier molecular flexibility index (Phi) is 3.10. The number of nitrogens with zero attached hydrogens (tertiary/aromatic N) is 1. The van der Waals surface area contributed by atoms with Gasteiger partial charge in [-0.1, -0.05) is 0 Å². The van der Waals surface area contributed by atoms with Gasteiger partial charge in [0.25, 0.3) is 5.91 Å². The van der Waals surface area contributed by atoms with Gasteiger partial charge in [-0.3, -0.25) is 4.79 Å². The number of benzene rings is 1. The number of carbonyl (C=O) groups excluding carboxylic acids is 1. The number of ether oxygens (including phenoxy) is 2. The SMILES string of the molecule is O=C(NN=C1CCSC1)c1ccc2c(c1)OCO2. The molecule has 0 spiro atoms. The van der Waals surface area contributed by atoms with Crippen molar-refractivity contribution >= 4 is 23.4 Å². The summed E-state index contributed by atoms with van der Waals surface area (Å²) in [5, 5.41) is 4.12. The van der Waals surface area contributed by atoms with Crippen LogP contribution in [0.25, 0.3) is 0 Å². The Bertz CT molecular complexity index is 508. The van der Waals surface area contributed by atoms with Gasteiger partial charge >= 0.3 is 0 Å². The summed E-state index contributed by atoms with van der Waals surface area (Å²) in [6.07, 6.45) is 0.950. The van der Waals surface area contributed by atoms with E-state index in [1.165, 1.54) is 0 Å². The molecule has 0 bridgehead atoms. The first-order valence-electron chi connectivity index (χ1n) is 5.66. The molecule has 0 saturated carbocycles. The number of hydrogen-bond donors (Lipinski definition) is 1. The van der Waals surface area contributed by atoms with Crippen molar-refractivity contribution < 1.29 is 14.3 Å². The lowest BCUT2D eigenvalue weighted by Crippen LogP contribution is -2.19. The molecule has 2 heterocycles. The van der Waals surface area contributed by atoms with E-state index in [4.69, 9.17) is 9.47 Å². The molecule has 0 radical (unpaired) electrons. The monoisotopic (exact) mass is 264 g/mol. The molecule has 1 N–H and O–H groups in total. The van der Waals surface area contributed by atoms with Crippen LogP contribution < -0.4 is 14.9 Å². The van der Waals surface area contributed by atoms with E-state index in [0.29, 0.717) is 17.1 Å². The van der Waals surface area contributed by atoms with Crippen molar-refractivity contribution in [2.75, 3.05) is 18.3 Å². The zero-order valence-electron chi connectivity index (χ0n) is 9.64. The maximum absolute atomic E-state index is 11.9. The fourth-order valence-electron chi connectivity index (χ4n) is 1.77. The van der Waals surface area contributed by atoms with Crippen LogP contribution in [0.4, 0.5) is 0 Å². The van der Waals surface area contributed by atoms with Crippen LogP contribution in [0.15, 0.2) is 23.3 Å². The van der Waals surface area contributed by atoms with Gasteiger partial charge < -0.3 is 9.47 Å². The quantitative estimate of drug-likeness (QED) is 0.825. The highest BCUT2D eigenvalue weighted by Crippen LogP contribution is 2.32. The standard InChI is InChI=1S/C12H12N2O3S/c15-12(14-13-9-3-4-18-6-9)8-1-2-10-11(5-8)17-7-16-10/h1-2,5H,3-4,6-7H2,(H,14,15). The van der Waals surface area contributed by atoms with Crippen molar-refractivity contribution in [3.8, 4) is 11.5 Å². The zero-order chi connectivity index (χ0) is 12.4. The molecule has 1 aromatic rings. The number of fused-ring (bicyclic) bond motifs is 1. The first-order chi connectivity index (χ1) is 8.83. The van der Waals surface area contributed by atoms with Gasteiger partial charge in [0.05, 0.1) is 0 Å². The maximum Gasteiger partial charge on any atom is 0.271 e. The Morgan fingerprint density at radius 2 is 2.22 bits per heavy atom. The third-order valence-corrected chi connectivity index (χ3v) is 3.78. The first-order valence-corrected chi connectivity index (χ1v) is 6.81. The van der Waals surface area contributed by atoms with Gasteiger partial charge in [-0.05, 0) is 30.4 Å². The Morgan fingerprint density at radius 1 is 1.33 bits per heavy atom. The summed E-state index contributed by atoms with van der Waals surface area (Å²) >= 11 is 1.83. The molecule has 0 atom stereocenters. The van der Waals surface area contributed by atoms with Crippen LogP contribution in [0.5, 0.6) is 11.5 Å². The van der Waals surface area contributed by atoms with Crippen molar-refractivity contribution in [2.45, 2.75) is 6.42 Å². The van der Waals surface area contributed by atoms with E-state index < -0.39 is 0 Å². The smallest absolute Gasteiger partial charge is 0.271 e. The first kappa shape index (κ1) is 11.4. The average molecular weight is 264 g/mol. The minimum absolute atomic E-state index is 0.208. The Morgan fingerprint density at radius 3 is 3.06 bits per heavy atom. The van der Waals surface area contributed by atoms with Crippen molar-refractivity contribution in [2.24, 2.45) is 5.10 Å². The molecule has 94 valence electrons. The highest BCUT2D eigenvalue weighted by atomic mass is 32.2. The van der Waals surface area contributed by atoms with Crippen LogP contribution >= 0.6 is 11.8 Å². The maximum atomic E-state index is 11.9. The average Bonchev–Trinajstić information content (AvgIpc) is 3.05. The van der Waals surface area contributed by atoms with Crippen molar-refractivity contribution in [3.05, 3.63) is 23.8 Å². The van der Waals surface area contributed by atoms with Crippen LogP contribution in [0.2, 0.25) is 0 Å². The molecular weight excluding hydrogens is 252 g/mol. The summed E-state index contributed by atoms with van der Waals surface area (Å²) in [7, 11) is 0. The molecule has 2 aliphatic heterocycles. The second-order valence-electron chi connectivity index (χ2n) is 3.99. The highest BCUT2D eigenvalue weighted by Gasteiger charge is 2.16. The predicted octanol–water partition coefficient (Wildman–Crippen LogP) is 1.64. The van der Waals surface area contributed by atoms with E-state index in [-0.39, 0.29) is 12.7 Å². The van der Waals surface area contributed by atoms with Gasteiger partial charge in [0.2, 0.25) is 6.79 Å². The van der Waals surface area contributed by atoms with Gasteiger partial charge in [0.1, 0.15) is 0 Å². The summed E-state index contributed by atoms with van der Waals surface area (Å²) in [5.74, 6) is 3.04. The molecule has 1 fully saturated rings. The van der Waals surface area contributed by atoms with Crippen molar-refractivity contribution in [3.63, 3.8) is 0 Å². The Labute approximate surface area is 109 Å². The second kappa shape index (κ2) is 4.89. The molecule has 1 saturated heterocycles. The van der Waals surface area contributed by atoms with Gasteiger partial charge in [0.15, 0.2) is 11.5 Å². The number of carbonyl (C=O) groups is 1. The lowest BCUT2D eigenvalue weighted by molar-refractivity contribution is 0.0954. The van der Waals surface area contributed by atoms with E-state index >= 15 is 0 Å². The van der Waals surface area contributed by atoms with Crippen LogP contribution in [0, 0.1) is 0 Å². The predicted molar refractivity (Wildman–Crippen MR) is 69.4 cm³/mol. The van der Waals surface area contributed by atoms with E-state index in [1.54, 1.807) is 18.2 Å². The van der Waals surface area contributed by atoms with Gasteiger partial charge in [-0.15, -0.1) is 0 Å². The van der Waals surface area contributed by atoms with E-state index in [9.17, 15) is 4.79 Å². The summed E-state index contributed by atoms with van der Waals surface area (Å²) in [6.45, 7) is 0.208. The normalized spacial score (nSPS) is 19.2. The molecule has 0 unspecified atom stereocenters. The third-order valence-electron chi connectivity index (χ3n) is 2.75. The molecule has 5 nitrogen and oxygen atoms in total. The number of amides is 1. The topological polar surface area (TPSA) is 59.9 Å². The van der Waals surface area contributed by atoms with Crippen LogP contribution in [0.1, 0.15) is 16.8 Å². The molecular formula is C12H12N2O3S. The van der Waals surface area contributed by atoms with Gasteiger partial charge in [-0.2, -0.15) is 16.9 Å². The van der Waals surface area contributed by atoms with E-state index in [0.717, 1.165) is 23.6 Å². The summed E-state index contributed by atoms with van der Waals surface area (Å²) in [6, 6.07) is 5.10. The van der Waals surface area contributed by atoms with Crippen molar-refractivity contribution in [1.29, 1.82) is 0 Å². The Hall–Kier alpha value is -1.69. The number of rotatable bonds is 2. The fourth-order valence-corrected chi connectivity index (χ4v) is 2.74. The molecule has 0 aromatic heterocycles. The minimum atomic E-state index is -0.224. The van der Waals surface area contributed by atoms with Crippen LogP contribution in [-0.2, 0) is 0 Å². The molecule has 2 aliphatic rings. The highest BCUT2D eigenvalue weighted by molar-refractivity contribution is 8.00. The zero-order valence-corrected chi connectivity index (χ0v) is 10.5. The van der Waals surface area contributed by atoms with Crippen molar-refractivity contribution in [1.82, 2.24) is 5.43 Å². The summed E-state index contributed by atoms with van der Waals surface area (Å²) in [4.78, 5) is 11.9. The lowest BCUT2D eigenvalue weighted by Gasteiger charge is -2.02. The summed E-state index contributed by atoms with van der Waals surface area (Å²) in [5.41, 5.74) is 4.13. The summed E-state index contributed by atoms with van der Waals surface area (Å²) < 4.78 is 10.4. The fraction of sp³-hybridized carbons (Fsp3) is 0.333. The molecule has 0 aliphatic carbocycles. The molecule has 3 rings (SSSR count). The second-order valence-corrected chi connectivity index (χ2v) is 5.09. The van der Waals surface area contributed by atoms with Gasteiger partial charge in [0, 0.05) is 17.0 Å². The Balaban J connectivity index is 1.70. The molecule has 6 heteroatoms.